The summed E-state index contributed by atoms with van der Waals surface area (Å²) < 4.78 is 0. The van der Waals surface area contributed by atoms with Gasteiger partial charge in [-0.15, -0.1) is 0 Å². The molecular weight excluding hydrogens is 371 g/mol. The van der Waals surface area contributed by atoms with Crippen LogP contribution in [-0.4, -0.2) is 35.5 Å². The molecule has 1 aliphatic rings. The fourth-order valence-electron chi connectivity index (χ4n) is 3.34. The van der Waals surface area contributed by atoms with Crippen molar-refractivity contribution in [3.05, 3.63) is 64.1 Å². The minimum Gasteiger partial charge on any atom is -0.388 e. The van der Waals surface area contributed by atoms with E-state index in [9.17, 15) is 9.90 Å². The maximum atomic E-state index is 12.3. The topological polar surface area (TPSA) is 52.6 Å². The highest BCUT2D eigenvalue weighted by molar-refractivity contribution is 6.43. The van der Waals surface area contributed by atoms with Gasteiger partial charge in [-0.3, -0.25) is 9.69 Å². The van der Waals surface area contributed by atoms with Gasteiger partial charge in [0.25, 0.3) is 0 Å². The fraction of sp³-hybridized carbons (Fsp3) is 0.350. The second kappa shape index (κ2) is 8.87. The van der Waals surface area contributed by atoms with E-state index in [1.165, 1.54) is 0 Å². The lowest BCUT2D eigenvalue weighted by Gasteiger charge is -2.34. The minimum absolute atomic E-state index is 0.115. The molecule has 0 radical (unpaired) electrons. The summed E-state index contributed by atoms with van der Waals surface area (Å²) in [5.74, 6) is 0.107. The molecule has 1 unspecified atom stereocenters. The number of halogens is 2. The molecule has 1 aliphatic heterocycles. The summed E-state index contributed by atoms with van der Waals surface area (Å²) in [7, 11) is 0. The molecule has 138 valence electrons. The summed E-state index contributed by atoms with van der Waals surface area (Å²) in [5.41, 5.74) is 1.48. The number of amides is 1. The van der Waals surface area contributed by atoms with Crippen molar-refractivity contribution >= 4 is 34.8 Å². The number of nitrogens with zero attached hydrogens (tertiary/aromatic N) is 1. The van der Waals surface area contributed by atoms with E-state index in [0.717, 1.165) is 31.5 Å². The zero-order valence-electron chi connectivity index (χ0n) is 14.4. The number of carbonyl (C=O) groups is 1. The lowest BCUT2D eigenvalue weighted by atomic mass is 9.87. The number of hydrogen-bond acceptors (Lipinski definition) is 3. The first kappa shape index (κ1) is 19.2. The normalized spacial score (nSPS) is 17.0. The van der Waals surface area contributed by atoms with Crippen LogP contribution < -0.4 is 5.32 Å². The Bertz CT molecular complexity index is 747. The molecule has 1 heterocycles. The highest BCUT2D eigenvalue weighted by Crippen LogP contribution is 2.31. The van der Waals surface area contributed by atoms with Crippen molar-refractivity contribution < 1.29 is 9.90 Å². The summed E-state index contributed by atoms with van der Waals surface area (Å²) in [5, 5.41) is 14.1. The van der Waals surface area contributed by atoms with Crippen LogP contribution in [-0.2, 0) is 4.79 Å². The standard InChI is InChI=1S/C20H22Cl2N2O2/c21-16-7-4-8-17(19(16)22)23-18(25)13-24-11-9-15(10-12-24)20(26)14-5-2-1-3-6-14/h1-8,15,20,26H,9-13H2,(H,23,25). The molecule has 2 N–H and O–H groups in total. The van der Waals surface area contributed by atoms with Gasteiger partial charge in [-0.1, -0.05) is 59.6 Å². The van der Waals surface area contributed by atoms with Crippen molar-refractivity contribution in [1.29, 1.82) is 0 Å². The molecule has 0 aliphatic carbocycles. The monoisotopic (exact) mass is 392 g/mol. The molecule has 26 heavy (non-hydrogen) atoms. The van der Waals surface area contributed by atoms with Crippen LogP contribution in [0, 0.1) is 5.92 Å². The Labute approximate surface area is 163 Å². The smallest absolute Gasteiger partial charge is 0.238 e. The number of aliphatic hydroxyl groups excluding tert-OH is 1. The Morgan fingerprint density at radius 3 is 2.50 bits per heavy atom. The lowest BCUT2D eigenvalue weighted by Crippen LogP contribution is -2.40. The zero-order valence-corrected chi connectivity index (χ0v) is 15.9. The average Bonchev–Trinajstić information content (AvgIpc) is 2.66. The van der Waals surface area contributed by atoms with Gasteiger partial charge in [0.2, 0.25) is 5.91 Å². The molecular formula is C20H22Cl2N2O2. The van der Waals surface area contributed by atoms with Crippen LogP contribution in [0.4, 0.5) is 5.69 Å². The van der Waals surface area contributed by atoms with E-state index in [1.807, 2.05) is 30.3 Å². The summed E-state index contributed by atoms with van der Waals surface area (Å²) >= 11 is 12.1. The first-order valence-electron chi connectivity index (χ1n) is 8.74. The van der Waals surface area contributed by atoms with Gasteiger partial charge in [0.15, 0.2) is 0 Å². The SMILES string of the molecule is O=C(CN1CCC(C(O)c2ccccc2)CC1)Nc1cccc(Cl)c1Cl. The first-order valence-corrected chi connectivity index (χ1v) is 9.49. The van der Waals surface area contributed by atoms with Crippen LogP contribution in [0.1, 0.15) is 24.5 Å². The van der Waals surface area contributed by atoms with E-state index in [0.29, 0.717) is 22.3 Å². The summed E-state index contributed by atoms with van der Waals surface area (Å²) in [6.07, 6.45) is 1.28. The molecule has 1 amide bonds. The number of hydrogen-bond donors (Lipinski definition) is 2. The van der Waals surface area contributed by atoms with Gasteiger partial charge in [-0.05, 0) is 49.5 Å². The second-order valence-electron chi connectivity index (χ2n) is 6.62. The molecule has 2 aromatic rings. The average molecular weight is 393 g/mol. The van der Waals surface area contributed by atoms with Gasteiger partial charge >= 0.3 is 0 Å². The highest BCUT2D eigenvalue weighted by atomic mass is 35.5. The lowest BCUT2D eigenvalue weighted by molar-refractivity contribution is -0.117. The Morgan fingerprint density at radius 2 is 1.81 bits per heavy atom. The molecule has 6 heteroatoms. The summed E-state index contributed by atoms with van der Waals surface area (Å²) in [6, 6.07) is 14.9. The van der Waals surface area contributed by atoms with E-state index in [2.05, 4.69) is 10.2 Å². The van der Waals surface area contributed by atoms with Crippen molar-refractivity contribution in [3.8, 4) is 0 Å². The third kappa shape index (κ3) is 4.77. The van der Waals surface area contributed by atoms with Crippen LogP contribution in [0.3, 0.4) is 0 Å². The Balaban J connectivity index is 1.49. The van der Waals surface area contributed by atoms with Crippen molar-refractivity contribution in [2.45, 2.75) is 18.9 Å². The first-order chi connectivity index (χ1) is 12.5. The predicted molar refractivity (Wildman–Crippen MR) is 106 cm³/mol. The number of benzene rings is 2. The molecule has 1 atom stereocenters. The van der Waals surface area contributed by atoms with Crippen LogP contribution in [0.25, 0.3) is 0 Å². The number of likely N-dealkylation sites (tertiary alicyclic amines) is 1. The number of anilines is 1. The van der Waals surface area contributed by atoms with E-state index in [1.54, 1.807) is 18.2 Å². The molecule has 0 aromatic heterocycles. The minimum atomic E-state index is -0.447. The number of rotatable bonds is 5. The molecule has 0 bridgehead atoms. The van der Waals surface area contributed by atoms with Crippen LogP contribution in [0.2, 0.25) is 10.0 Å². The van der Waals surface area contributed by atoms with E-state index in [-0.39, 0.29) is 11.8 Å². The molecule has 0 saturated carbocycles. The maximum Gasteiger partial charge on any atom is 0.238 e. The number of nitrogens with one attached hydrogen (secondary N) is 1. The molecule has 1 fully saturated rings. The quantitative estimate of drug-likeness (QED) is 0.793. The Hall–Kier alpha value is -1.59. The van der Waals surface area contributed by atoms with E-state index < -0.39 is 6.10 Å². The maximum absolute atomic E-state index is 12.3. The number of piperidine rings is 1. The molecule has 2 aromatic carbocycles. The van der Waals surface area contributed by atoms with Gasteiger partial charge < -0.3 is 10.4 Å². The second-order valence-corrected chi connectivity index (χ2v) is 7.40. The van der Waals surface area contributed by atoms with Gasteiger partial charge in [0.1, 0.15) is 0 Å². The Kier molecular flexibility index (Phi) is 6.54. The van der Waals surface area contributed by atoms with Gasteiger partial charge in [-0.2, -0.15) is 0 Å². The van der Waals surface area contributed by atoms with E-state index >= 15 is 0 Å². The van der Waals surface area contributed by atoms with Crippen molar-refractivity contribution in [2.75, 3.05) is 25.0 Å². The van der Waals surface area contributed by atoms with Gasteiger partial charge in [0.05, 0.1) is 28.4 Å². The van der Waals surface area contributed by atoms with Crippen LogP contribution in [0.5, 0.6) is 0 Å². The molecule has 3 rings (SSSR count). The molecule has 0 spiro atoms. The number of carbonyl (C=O) groups excluding carboxylic acids is 1. The Morgan fingerprint density at radius 1 is 1.12 bits per heavy atom. The third-order valence-electron chi connectivity index (χ3n) is 4.81. The fourth-order valence-corrected chi connectivity index (χ4v) is 3.69. The van der Waals surface area contributed by atoms with Gasteiger partial charge in [-0.25, -0.2) is 0 Å². The van der Waals surface area contributed by atoms with Crippen molar-refractivity contribution in [2.24, 2.45) is 5.92 Å². The van der Waals surface area contributed by atoms with Crippen LogP contribution >= 0.6 is 23.2 Å². The zero-order chi connectivity index (χ0) is 18.5. The molecule has 1 saturated heterocycles. The highest BCUT2D eigenvalue weighted by Gasteiger charge is 2.27. The van der Waals surface area contributed by atoms with Crippen molar-refractivity contribution in [1.82, 2.24) is 4.90 Å². The predicted octanol–water partition coefficient (Wildman–Crippen LogP) is 4.38. The van der Waals surface area contributed by atoms with Gasteiger partial charge in [0, 0.05) is 0 Å². The number of aliphatic hydroxyl groups is 1. The third-order valence-corrected chi connectivity index (χ3v) is 5.63. The van der Waals surface area contributed by atoms with Crippen LogP contribution in [0.15, 0.2) is 48.5 Å². The largest absolute Gasteiger partial charge is 0.388 e. The molecule has 4 nitrogen and oxygen atoms in total. The van der Waals surface area contributed by atoms with E-state index in [4.69, 9.17) is 23.2 Å². The van der Waals surface area contributed by atoms with Crippen molar-refractivity contribution in [3.63, 3.8) is 0 Å². The summed E-state index contributed by atoms with van der Waals surface area (Å²) in [6.45, 7) is 1.87. The summed E-state index contributed by atoms with van der Waals surface area (Å²) in [4.78, 5) is 14.4.